The van der Waals surface area contributed by atoms with E-state index in [0.717, 1.165) is 0 Å². The Hall–Kier alpha value is -1.26. The predicted octanol–water partition coefficient (Wildman–Crippen LogP) is 0.575. The van der Waals surface area contributed by atoms with E-state index in [1.807, 2.05) is 0 Å². The largest absolute Gasteiger partial charge is 0.344 e. The highest BCUT2D eigenvalue weighted by Gasteiger charge is 2.06. The van der Waals surface area contributed by atoms with E-state index in [2.05, 4.69) is 0 Å². The summed E-state index contributed by atoms with van der Waals surface area (Å²) in [6.07, 6.45) is 5.60. The first-order valence-corrected chi connectivity index (χ1v) is 2.24. The fourth-order valence-electron chi connectivity index (χ4n) is 0.450. The zero-order chi connectivity index (χ0) is 5.98. The standard InChI is InChI=1S/C6H4O2.2H3N/c7-5-3-1-2-4-6(5)8;;/h1-4H;2*1H3. The lowest BCUT2D eigenvalue weighted by Gasteiger charge is -1.88. The van der Waals surface area contributed by atoms with Crippen molar-refractivity contribution in [2.24, 2.45) is 0 Å². The second kappa shape index (κ2) is 4.60. The molecule has 4 heteroatoms. The number of allylic oxidation sites excluding steroid dienone is 4. The van der Waals surface area contributed by atoms with Gasteiger partial charge in [-0.1, -0.05) is 12.2 Å². The van der Waals surface area contributed by atoms with Gasteiger partial charge in [-0.3, -0.25) is 9.59 Å². The van der Waals surface area contributed by atoms with Crippen molar-refractivity contribution in [2.45, 2.75) is 0 Å². The van der Waals surface area contributed by atoms with Crippen LogP contribution in [0, 0.1) is 0 Å². The van der Waals surface area contributed by atoms with Crippen molar-refractivity contribution in [3.8, 4) is 0 Å². The Labute approximate surface area is 58.8 Å². The van der Waals surface area contributed by atoms with E-state index in [-0.39, 0.29) is 12.3 Å². The molecule has 0 saturated carbocycles. The summed E-state index contributed by atoms with van der Waals surface area (Å²) in [5, 5.41) is 0. The van der Waals surface area contributed by atoms with Crippen molar-refractivity contribution in [1.29, 1.82) is 0 Å². The van der Waals surface area contributed by atoms with Gasteiger partial charge < -0.3 is 12.3 Å². The van der Waals surface area contributed by atoms with Crippen LogP contribution >= 0.6 is 0 Å². The van der Waals surface area contributed by atoms with Crippen molar-refractivity contribution < 1.29 is 9.59 Å². The minimum Gasteiger partial charge on any atom is -0.344 e. The smallest absolute Gasteiger partial charge is 0.225 e. The highest BCUT2D eigenvalue weighted by Crippen LogP contribution is 1.90. The average molecular weight is 142 g/mol. The Balaban J connectivity index is 0. The topological polar surface area (TPSA) is 104 Å². The summed E-state index contributed by atoms with van der Waals surface area (Å²) in [4.78, 5) is 20.6. The number of carbonyl (C=O) groups excluding carboxylic acids is 2. The summed E-state index contributed by atoms with van der Waals surface area (Å²) < 4.78 is 0. The third kappa shape index (κ3) is 2.34. The summed E-state index contributed by atoms with van der Waals surface area (Å²) in [5.41, 5.74) is 0. The first-order valence-electron chi connectivity index (χ1n) is 2.24. The van der Waals surface area contributed by atoms with Crippen LogP contribution in [0.5, 0.6) is 0 Å². The van der Waals surface area contributed by atoms with Crippen molar-refractivity contribution in [3.05, 3.63) is 24.3 Å². The highest BCUT2D eigenvalue weighted by molar-refractivity contribution is 6.46. The van der Waals surface area contributed by atoms with Gasteiger partial charge in [0.15, 0.2) is 0 Å². The molecule has 1 aliphatic carbocycles. The van der Waals surface area contributed by atoms with Gasteiger partial charge in [-0.15, -0.1) is 0 Å². The number of carbonyl (C=O) groups is 2. The minimum absolute atomic E-state index is 0. The van der Waals surface area contributed by atoms with Gasteiger partial charge in [0.2, 0.25) is 11.6 Å². The summed E-state index contributed by atoms with van der Waals surface area (Å²) in [7, 11) is 0. The second-order valence-electron chi connectivity index (χ2n) is 1.45. The average Bonchev–Trinajstić information content (AvgIpc) is 1.77. The van der Waals surface area contributed by atoms with E-state index in [4.69, 9.17) is 0 Å². The molecule has 0 atom stereocenters. The maximum atomic E-state index is 10.3. The molecule has 0 unspecified atom stereocenters. The molecule has 0 fully saturated rings. The molecule has 0 heterocycles. The summed E-state index contributed by atoms with van der Waals surface area (Å²) in [5.74, 6) is -0.875. The Morgan fingerprint density at radius 2 is 1.10 bits per heavy atom. The number of ketones is 2. The third-order valence-corrected chi connectivity index (χ3v) is 0.849. The molecule has 4 nitrogen and oxygen atoms in total. The molecule has 0 aromatic rings. The maximum absolute atomic E-state index is 10.3. The van der Waals surface area contributed by atoms with Gasteiger partial charge >= 0.3 is 0 Å². The van der Waals surface area contributed by atoms with Crippen molar-refractivity contribution in [2.75, 3.05) is 0 Å². The summed E-state index contributed by atoms with van der Waals surface area (Å²) in [6, 6.07) is 0. The zero-order valence-corrected chi connectivity index (χ0v) is 5.54. The van der Waals surface area contributed by atoms with Crippen molar-refractivity contribution >= 4 is 11.6 Å². The second-order valence-corrected chi connectivity index (χ2v) is 1.45. The molecule has 0 amide bonds. The van der Waals surface area contributed by atoms with Crippen LogP contribution in [0.15, 0.2) is 24.3 Å². The molecule has 0 saturated heterocycles. The number of rotatable bonds is 0. The van der Waals surface area contributed by atoms with Gasteiger partial charge in [-0.05, 0) is 12.2 Å². The first-order chi connectivity index (χ1) is 3.80. The van der Waals surface area contributed by atoms with Crippen LogP contribution in [0.4, 0.5) is 0 Å². The van der Waals surface area contributed by atoms with Crippen LogP contribution in [-0.2, 0) is 9.59 Å². The zero-order valence-electron chi connectivity index (χ0n) is 5.54. The highest BCUT2D eigenvalue weighted by atomic mass is 16.2. The van der Waals surface area contributed by atoms with Crippen LogP contribution in [-0.4, -0.2) is 11.6 Å². The molecule has 6 N–H and O–H groups in total. The molecule has 0 aliphatic heterocycles. The molecule has 56 valence electrons. The van der Waals surface area contributed by atoms with Gasteiger partial charge in [0, 0.05) is 0 Å². The first kappa shape index (κ1) is 11.5. The molecule has 0 radical (unpaired) electrons. The van der Waals surface area contributed by atoms with E-state index >= 15 is 0 Å². The molecule has 1 aliphatic rings. The monoisotopic (exact) mass is 142 g/mol. The van der Waals surface area contributed by atoms with Gasteiger partial charge in [-0.25, -0.2) is 0 Å². The predicted molar refractivity (Wildman–Crippen MR) is 38.3 cm³/mol. The SMILES string of the molecule is N.N.O=C1C=CC=CC1=O. The van der Waals surface area contributed by atoms with Crippen LogP contribution in [0.2, 0.25) is 0 Å². The normalized spacial score (nSPS) is 14.0. The Bertz CT molecular complexity index is 172. The molecule has 10 heavy (non-hydrogen) atoms. The fourth-order valence-corrected chi connectivity index (χ4v) is 0.450. The van der Waals surface area contributed by atoms with Crippen LogP contribution in [0.1, 0.15) is 0 Å². The van der Waals surface area contributed by atoms with E-state index in [1.54, 1.807) is 12.2 Å². The Kier molecular flexibility index (Phi) is 5.31. The van der Waals surface area contributed by atoms with Crippen molar-refractivity contribution in [3.63, 3.8) is 0 Å². The maximum Gasteiger partial charge on any atom is 0.225 e. The van der Waals surface area contributed by atoms with E-state index in [0.29, 0.717) is 0 Å². The third-order valence-electron chi connectivity index (χ3n) is 0.849. The van der Waals surface area contributed by atoms with Crippen LogP contribution < -0.4 is 12.3 Å². The lowest BCUT2D eigenvalue weighted by Crippen LogP contribution is -2.08. The lowest BCUT2D eigenvalue weighted by atomic mass is 10.1. The lowest BCUT2D eigenvalue weighted by molar-refractivity contribution is -0.131. The molecule has 1 rings (SSSR count). The molecule has 0 spiro atoms. The molecule has 0 aromatic carbocycles. The van der Waals surface area contributed by atoms with Gasteiger partial charge in [0.1, 0.15) is 0 Å². The van der Waals surface area contributed by atoms with Gasteiger partial charge in [0.05, 0.1) is 0 Å². The van der Waals surface area contributed by atoms with Crippen LogP contribution in [0.25, 0.3) is 0 Å². The van der Waals surface area contributed by atoms with E-state index < -0.39 is 11.6 Å². The minimum atomic E-state index is -0.437. The number of hydrogen-bond donors (Lipinski definition) is 2. The Morgan fingerprint density at radius 3 is 1.30 bits per heavy atom. The number of hydrogen-bond acceptors (Lipinski definition) is 4. The van der Waals surface area contributed by atoms with Gasteiger partial charge in [0.25, 0.3) is 0 Å². The van der Waals surface area contributed by atoms with Crippen molar-refractivity contribution in [1.82, 2.24) is 12.3 Å². The molecular weight excluding hydrogens is 132 g/mol. The Morgan fingerprint density at radius 1 is 0.800 bits per heavy atom. The van der Waals surface area contributed by atoms with E-state index in [1.165, 1.54) is 12.2 Å². The van der Waals surface area contributed by atoms with Gasteiger partial charge in [-0.2, -0.15) is 0 Å². The van der Waals surface area contributed by atoms with Crippen LogP contribution in [0.3, 0.4) is 0 Å². The summed E-state index contributed by atoms with van der Waals surface area (Å²) >= 11 is 0. The molecular formula is C6H10N2O2. The van der Waals surface area contributed by atoms with E-state index in [9.17, 15) is 9.59 Å². The fraction of sp³-hybridized carbons (Fsp3) is 0. The molecule has 0 aromatic heterocycles. The molecule has 0 bridgehead atoms. The summed E-state index contributed by atoms with van der Waals surface area (Å²) in [6.45, 7) is 0. The quantitative estimate of drug-likeness (QED) is 0.381.